The van der Waals surface area contributed by atoms with Crippen LogP contribution in [0.15, 0.2) is 42.5 Å². The van der Waals surface area contributed by atoms with Crippen LogP contribution in [-0.2, 0) is 14.4 Å². The first kappa shape index (κ1) is 21.7. The molecule has 0 heterocycles. The summed E-state index contributed by atoms with van der Waals surface area (Å²) in [5.74, 6) is 0.411. The molecule has 0 spiro atoms. The second kappa shape index (κ2) is 10.1. The van der Waals surface area contributed by atoms with Gasteiger partial charge in [0.25, 0.3) is 0 Å². The number of nitrogens with zero attached hydrogens (tertiary/aromatic N) is 1. The molecule has 3 amide bonds. The van der Waals surface area contributed by atoms with E-state index < -0.39 is 0 Å². The van der Waals surface area contributed by atoms with Gasteiger partial charge in [-0.15, -0.1) is 0 Å². The lowest BCUT2D eigenvalue weighted by atomic mass is 10.2. The first-order valence-electron chi connectivity index (χ1n) is 9.01. The van der Waals surface area contributed by atoms with Crippen molar-refractivity contribution >= 4 is 34.8 Å². The molecule has 2 aromatic carbocycles. The standard InChI is InChI=1S/C21H25N3O5/c1-14(25)22-16-6-5-7-18(12-16)24(15(2)26)11-10-21(27)23-17-8-9-19(28-3)20(13-17)29-4/h5-9,12-13H,10-11H2,1-4H3,(H,22,25)(H,23,27). The summed E-state index contributed by atoms with van der Waals surface area (Å²) in [6, 6.07) is 12.0. The van der Waals surface area contributed by atoms with Crippen LogP contribution in [0.5, 0.6) is 11.5 Å². The SMILES string of the molecule is COc1ccc(NC(=O)CCN(C(C)=O)c2cccc(NC(C)=O)c2)cc1OC. The Labute approximate surface area is 169 Å². The van der Waals surface area contributed by atoms with Crippen molar-refractivity contribution in [3.05, 3.63) is 42.5 Å². The second-order valence-corrected chi connectivity index (χ2v) is 6.27. The van der Waals surface area contributed by atoms with E-state index in [0.717, 1.165) is 0 Å². The van der Waals surface area contributed by atoms with Gasteiger partial charge in [0.1, 0.15) is 0 Å². The summed E-state index contributed by atoms with van der Waals surface area (Å²) in [6.07, 6.45) is 0.0955. The number of benzene rings is 2. The molecule has 0 radical (unpaired) electrons. The summed E-state index contributed by atoms with van der Waals surface area (Å²) in [4.78, 5) is 37.2. The molecular weight excluding hydrogens is 374 g/mol. The van der Waals surface area contributed by atoms with Crippen molar-refractivity contribution < 1.29 is 23.9 Å². The molecule has 8 nitrogen and oxygen atoms in total. The van der Waals surface area contributed by atoms with Crippen molar-refractivity contribution in [2.75, 3.05) is 36.3 Å². The fourth-order valence-corrected chi connectivity index (χ4v) is 2.77. The third-order valence-electron chi connectivity index (χ3n) is 4.09. The van der Waals surface area contributed by atoms with Gasteiger partial charge >= 0.3 is 0 Å². The number of nitrogens with one attached hydrogen (secondary N) is 2. The monoisotopic (exact) mass is 399 g/mol. The van der Waals surface area contributed by atoms with Crippen molar-refractivity contribution in [1.29, 1.82) is 0 Å². The van der Waals surface area contributed by atoms with E-state index in [0.29, 0.717) is 28.6 Å². The Hall–Kier alpha value is -3.55. The summed E-state index contributed by atoms with van der Waals surface area (Å²) in [5, 5.41) is 5.46. The van der Waals surface area contributed by atoms with Crippen molar-refractivity contribution in [1.82, 2.24) is 0 Å². The predicted molar refractivity (Wildman–Crippen MR) is 112 cm³/mol. The second-order valence-electron chi connectivity index (χ2n) is 6.27. The molecule has 0 fully saturated rings. The molecule has 0 bridgehead atoms. The van der Waals surface area contributed by atoms with E-state index in [1.54, 1.807) is 42.5 Å². The van der Waals surface area contributed by atoms with Crippen LogP contribution >= 0.6 is 0 Å². The molecule has 0 atom stereocenters. The Morgan fingerprint density at radius 2 is 1.59 bits per heavy atom. The molecule has 2 N–H and O–H groups in total. The number of hydrogen-bond acceptors (Lipinski definition) is 5. The third-order valence-corrected chi connectivity index (χ3v) is 4.09. The van der Waals surface area contributed by atoms with Crippen molar-refractivity contribution in [3.8, 4) is 11.5 Å². The van der Waals surface area contributed by atoms with Crippen LogP contribution in [0.4, 0.5) is 17.1 Å². The van der Waals surface area contributed by atoms with Crippen LogP contribution < -0.4 is 25.0 Å². The summed E-state index contributed by atoms with van der Waals surface area (Å²) in [5.41, 5.74) is 1.74. The normalized spacial score (nSPS) is 10.1. The topological polar surface area (TPSA) is 97.0 Å². The number of hydrogen-bond donors (Lipinski definition) is 2. The highest BCUT2D eigenvalue weighted by atomic mass is 16.5. The number of amides is 3. The van der Waals surface area contributed by atoms with Crippen molar-refractivity contribution in [3.63, 3.8) is 0 Å². The third kappa shape index (κ3) is 6.24. The molecule has 0 aliphatic heterocycles. The number of carbonyl (C=O) groups excluding carboxylic acids is 3. The van der Waals surface area contributed by atoms with Gasteiger partial charge in [0.05, 0.1) is 14.2 Å². The van der Waals surface area contributed by atoms with Crippen LogP contribution in [0.3, 0.4) is 0 Å². The van der Waals surface area contributed by atoms with Crippen LogP contribution in [0, 0.1) is 0 Å². The average molecular weight is 399 g/mol. The molecule has 0 saturated heterocycles. The molecule has 0 saturated carbocycles. The summed E-state index contributed by atoms with van der Waals surface area (Å²) < 4.78 is 10.4. The lowest BCUT2D eigenvalue weighted by molar-refractivity contribution is -0.117. The zero-order valence-corrected chi connectivity index (χ0v) is 16.9. The van der Waals surface area contributed by atoms with Crippen molar-refractivity contribution in [2.24, 2.45) is 0 Å². The first-order chi connectivity index (χ1) is 13.8. The number of methoxy groups -OCH3 is 2. The number of ether oxygens (including phenoxy) is 2. The minimum absolute atomic E-state index is 0.0955. The maximum absolute atomic E-state index is 12.4. The Morgan fingerprint density at radius 1 is 0.897 bits per heavy atom. The van der Waals surface area contributed by atoms with E-state index in [1.807, 2.05) is 0 Å². The van der Waals surface area contributed by atoms with E-state index in [-0.39, 0.29) is 30.7 Å². The average Bonchev–Trinajstić information content (AvgIpc) is 2.67. The van der Waals surface area contributed by atoms with Crippen LogP contribution in [0.2, 0.25) is 0 Å². The molecule has 154 valence electrons. The molecule has 0 unspecified atom stereocenters. The smallest absolute Gasteiger partial charge is 0.226 e. The molecule has 8 heteroatoms. The molecule has 29 heavy (non-hydrogen) atoms. The summed E-state index contributed by atoms with van der Waals surface area (Å²) in [7, 11) is 3.05. The first-order valence-corrected chi connectivity index (χ1v) is 9.01. The highest BCUT2D eigenvalue weighted by Gasteiger charge is 2.15. The largest absolute Gasteiger partial charge is 0.493 e. The van der Waals surface area contributed by atoms with Gasteiger partial charge in [-0.3, -0.25) is 14.4 Å². The van der Waals surface area contributed by atoms with Gasteiger partial charge in [-0.2, -0.15) is 0 Å². The Bertz CT molecular complexity index is 898. The molecule has 2 aromatic rings. The predicted octanol–water partition coefficient (Wildman–Crippen LogP) is 3.04. The van der Waals surface area contributed by atoms with Gasteiger partial charge in [-0.05, 0) is 30.3 Å². The molecule has 0 aliphatic carbocycles. The Morgan fingerprint density at radius 3 is 2.21 bits per heavy atom. The van der Waals surface area contributed by atoms with Gasteiger partial charge in [-0.25, -0.2) is 0 Å². The van der Waals surface area contributed by atoms with Crippen LogP contribution in [-0.4, -0.2) is 38.5 Å². The number of anilines is 3. The maximum Gasteiger partial charge on any atom is 0.226 e. The van der Waals surface area contributed by atoms with Crippen molar-refractivity contribution in [2.45, 2.75) is 20.3 Å². The van der Waals surface area contributed by atoms with Crippen LogP contribution in [0.1, 0.15) is 20.3 Å². The highest BCUT2D eigenvalue weighted by Crippen LogP contribution is 2.29. The lowest BCUT2D eigenvalue weighted by Crippen LogP contribution is -2.32. The minimum atomic E-state index is -0.249. The number of rotatable bonds is 8. The quantitative estimate of drug-likeness (QED) is 0.711. The Kier molecular flexibility index (Phi) is 7.59. The van der Waals surface area contributed by atoms with E-state index in [9.17, 15) is 14.4 Å². The van der Waals surface area contributed by atoms with Gasteiger partial charge < -0.3 is 25.0 Å². The molecule has 0 aliphatic rings. The lowest BCUT2D eigenvalue weighted by Gasteiger charge is -2.21. The fourth-order valence-electron chi connectivity index (χ4n) is 2.77. The Balaban J connectivity index is 2.04. The van der Waals surface area contributed by atoms with E-state index in [4.69, 9.17) is 9.47 Å². The summed E-state index contributed by atoms with van der Waals surface area (Å²) in [6.45, 7) is 3.03. The van der Waals surface area contributed by atoms with E-state index in [2.05, 4.69) is 10.6 Å². The minimum Gasteiger partial charge on any atom is -0.493 e. The highest BCUT2D eigenvalue weighted by molar-refractivity contribution is 5.96. The van der Waals surface area contributed by atoms with Gasteiger partial charge in [-0.1, -0.05) is 6.07 Å². The van der Waals surface area contributed by atoms with Gasteiger partial charge in [0.15, 0.2) is 11.5 Å². The zero-order chi connectivity index (χ0) is 21.4. The molecule has 2 rings (SSSR count). The fraction of sp³-hybridized carbons (Fsp3) is 0.286. The number of carbonyl (C=O) groups is 3. The molecular formula is C21H25N3O5. The van der Waals surface area contributed by atoms with E-state index >= 15 is 0 Å². The summed E-state index contributed by atoms with van der Waals surface area (Å²) >= 11 is 0. The van der Waals surface area contributed by atoms with E-state index in [1.165, 1.54) is 33.0 Å². The maximum atomic E-state index is 12.4. The molecule has 0 aromatic heterocycles. The van der Waals surface area contributed by atoms with Gasteiger partial charge in [0, 0.05) is 49.9 Å². The van der Waals surface area contributed by atoms with Crippen LogP contribution in [0.25, 0.3) is 0 Å². The zero-order valence-electron chi connectivity index (χ0n) is 16.9. The van der Waals surface area contributed by atoms with Gasteiger partial charge in [0.2, 0.25) is 17.7 Å².